The number of aromatic nitrogens is 1. The molecule has 4 heteroatoms. The zero-order chi connectivity index (χ0) is 8.39. The van der Waals surface area contributed by atoms with E-state index in [2.05, 4.69) is 10.3 Å². The molecule has 2 heterocycles. The molecule has 0 saturated carbocycles. The Morgan fingerprint density at radius 1 is 1.67 bits per heavy atom. The summed E-state index contributed by atoms with van der Waals surface area (Å²) < 4.78 is 5.28. The summed E-state index contributed by atoms with van der Waals surface area (Å²) in [6, 6.07) is 1.68. The molecule has 0 radical (unpaired) electrons. The Morgan fingerprint density at radius 2 is 2.58 bits per heavy atom. The Hall–Kier alpha value is -1.58. The zero-order valence-corrected chi connectivity index (χ0v) is 6.41. The predicted octanol–water partition coefficient (Wildman–Crippen LogP) is 0.698. The van der Waals surface area contributed by atoms with Crippen LogP contribution in [0, 0.1) is 0 Å². The molecule has 1 aliphatic heterocycles. The number of ether oxygens (including phenoxy) is 1. The van der Waals surface area contributed by atoms with Gasteiger partial charge >= 0.3 is 0 Å². The summed E-state index contributed by atoms with van der Waals surface area (Å²) in [7, 11) is 0. The smallest absolute Gasteiger partial charge is 0.168 e. The van der Waals surface area contributed by atoms with Gasteiger partial charge in [-0.3, -0.25) is 4.79 Å². The van der Waals surface area contributed by atoms with Crippen molar-refractivity contribution in [2.75, 3.05) is 18.5 Å². The molecule has 0 fully saturated rings. The van der Waals surface area contributed by atoms with E-state index in [1.165, 1.54) is 6.20 Å². The van der Waals surface area contributed by atoms with Gasteiger partial charge in [-0.05, 0) is 6.07 Å². The number of nitrogens with zero attached hydrogens (tertiary/aromatic N) is 1. The molecule has 0 aromatic carbocycles. The molecule has 0 spiro atoms. The molecule has 0 unspecified atom stereocenters. The molecular formula is C8H8N2O2. The monoisotopic (exact) mass is 164 g/mol. The molecule has 2 rings (SSSR count). The summed E-state index contributed by atoms with van der Waals surface area (Å²) in [5.41, 5.74) is 0.539. The SMILES string of the molecule is O=Cc1cnc2c(c1)OCCN2. The number of pyridine rings is 1. The quantitative estimate of drug-likeness (QED) is 0.621. The van der Waals surface area contributed by atoms with Gasteiger partial charge in [0, 0.05) is 11.8 Å². The summed E-state index contributed by atoms with van der Waals surface area (Å²) in [5, 5.41) is 3.06. The first-order valence-electron chi connectivity index (χ1n) is 3.72. The Balaban J connectivity index is 2.42. The second-order valence-corrected chi connectivity index (χ2v) is 2.51. The lowest BCUT2D eigenvalue weighted by atomic mass is 10.3. The van der Waals surface area contributed by atoms with Gasteiger partial charge in [-0.1, -0.05) is 0 Å². The predicted molar refractivity (Wildman–Crippen MR) is 43.6 cm³/mol. The van der Waals surface area contributed by atoms with Crippen molar-refractivity contribution in [3.8, 4) is 5.75 Å². The van der Waals surface area contributed by atoms with E-state index in [1.54, 1.807) is 6.07 Å². The second kappa shape index (κ2) is 2.81. The van der Waals surface area contributed by atoms with Crippen molar-refractivity contribution in [1.29, 1.82) is 0 Å². The molecule has 1 N–H and O–H groups in total. The van der Waals surface area contributed by atoms with Gasteiger partial charge in [0.2, 0.25) is 0 Å². The molecule has 4 nitrogen and oxygen atoms in total. The van der Waals surface area contributed by atoms with Gasteiger partial charge in [0.05, 0.1) is 6.54 Å². The van der Waals surface area contributed by atoms with Crippen molar-refractivity contribution in [2.24, 2.45) is 0 Å². The number of fused-ring (bicyclic) bond motifs is 1. The Kier molecular flexibility index (Phi) is 1.66. The van der Waals surface area contributed by atoms with Crippen molar-refractivity contribution in [3.05, 3.63) is 17.8 Å². The van der Waals surface area contributed by atoms with Crippen molar-refractivity contribution in [3.63, 3.8) is 0 Å². The van der Waals surface area contributed by atoms with Gasteiger partial charge in [0.15, 0.2) is 17.9 Å². The van der Waals surface area contributed by atoms with Crippen LogP contribution in [0.2, 0.25) is 0 Å². The van der Waals surface area contributed by atoms with Crippen LogP contribution in [0.15, 0.2) is 12.3 Å². The molecule has 0 amide bonds. The minimum Gasteiger partial charge on any atom is -0.488 e. The average molecular weight is 164 g/mol. The van der Waals surface area contributed by atoms with Crippen LogP contribution in [0.1, 0.15) is 10.4 Å². The van der Waals surface area contributed by atoms with Crippen molar-refractivity contribution >= 4 is 12.1 Å². The summed E-state index contributed by atoms with van der Waals surface area (Å²) in [5.74, 6) is 1.37. The maximum atomic E-state index is 10.4. The average Bonchev–Trinajstić information content (AvgIpc) is 2.17. The number of rotatable bonds is 1. The van der Waals surface area contributed by atoms with Gasteiger partial charge < -0.3 is 10.1 Å². The first kappa shape index (κ1) is 7.09. The second-order valence-electron chi connectivity index (χ2n) is 2.51. The van der Waals surface area contributed by atoms with Crippen LogP contribution in [0.3, 0.4) is 0 Å². The molecular weight excluding hydrogens is 156 g/mol. The maximum Gasteiger partial charge on any atom is 0.168 e. The number of carbonyl (C=O) groups excluding carboxylic acids is 1. The molecule has 0 aliphatic carbocycles. The third-order valence-corrected chi connectivity index (χ3v) is 1.66. The molecule has 1 aromatic heterocycles. The van der Waals surface area contributed by atoms with Crippen LogP contribution in [0.25, 0.3) is 0 Å². The summed E-state index contributed by atoms with van der Waals surface area (Å²) in [6.45, 7) is 1.39. The Morgan fingerprint density at radius 3 is 3.42 bits per heavy atom. The fourth-order valence-electron chi connectivity index (χ4n) is 1.10. The Bertz CT molecular complexity index is 312. The summed E-state index contributed by atoms with van der Waals surface area (Å²) in [6.07, 6.45) is 2.28. The van der Waals surface area contributed by atoms with Gasteiger partial charge in [0.1, 0.15) is 6.61 Å². The number of aldehydes is 1. The zero-order valence-electron chi connectivity index (χ0n) is 6.41. The molecule has 0 atom stereocenters. The maximum absolute atomic E-state index is 10.4. The minimum atomic E-state index is 0.539. The van der Waals surface area contributed by atoms with Crippen molar-refractivity contribution in [2.45, 2.75) is 0 Å². The van der Waals surface area contributed by atoms with Crippen LogP contribution >= 0.6 is 0 Å². The molecule has 1 aliphatic rings. The largest absolute Gasteiger partial charge is 0.488 e. The van der Waals surface area contributed by atoms with Gasteiger partial charge in [-0.2, -0.15) is 0 Å². The van der Waals surface area contributed by atoms with E-state index in [4.69, 9.17) is 4.74 Å². The summed E-state index contributed by atoms with van der Waals surface area (Å²) in [4.78, 5) is 14.4. The number of anilines is 1. The molecule has 12 heavy (non-hydrogen) atoms. The normalized spacial score (nSPS) is 14.0. The van der Waals surface area contributed by atoms with Crippen LogP contribution < -0.4 is 10.1 Å². The topological polar surface area (TPSA) is 51.2 Å². The van der Waals surface area contributed by atoms with Crippen LogP contribution in [-0.2, 0) is 0 Å². The van der Waals surface area contributed by atoms with E-state index >= 15 is 0 Å². The van der Waals surface area contributed by atoms with Gasteiger partial charge in [-0.25, -0.2) is 4.98 Å². The van der Waals surface area contributed by atoms with Gasteiger partial charge in [-0.15, -0.1) is 0 Å². The highest BCUT2D eigenvalue weighted by molar-refractivity contribution is 5.76. The first-order chi connectivity index (χ1) is 5.90. The fraction of sp³-hybridized carbons (Fsp3) is 0.250. The lowest BCUT2D eigenvalue weighted by Crippen LogP contribution is -2.19. The minimum absolute atomic E-state index is 0.539. The van der Waals surface area contributed by atoms with E-state index in [0.717, 1.165) is 12.8 Å². The van der Waals surface area contributed by atoms with E-state index in [1.807, 2.05) is 0 Å². The van der Waals surface area contributed by atoms with Crippen LogP contribution in [0.4, 0.5) is 5.82 Å². The van der Waals surface area contributed by atoms with E-state index in [-0.39, 0.29) is 0 Å². The van der Waals surface area contributed by atoms with Gasteiger partial charge in [0.25, 0.3) is 0 Å². The first-order valence-corrected chi connectivity index (χ1v) is 3.72. The lowest BCUT2D eigenvalue weighted by molar-refractivity contribution is 0.112. The number of hydrogen-bond acceptors (Lipinski definition) is 4. The van der Waals surface area contributed by atoms with Crippen molar-refractivity contribution < 1.29 is 9.53 Å². The third-order valence-electron chi connectivity index (χ3n) is 1.66. The molecule has 62 valence electrons. The highest BCUT2D eigenvalue weighted by atomic mass is 16.5. The van der Waals surface area contributed by atoms with E-state index < -0.39 is 0 Å². The lowest BCUT2D eigenvalue weighted by Gasteiger charge is -2.17. The van der Waals surface area contributed by atoms with E-state index in [9.17, 15) is 4.79 Å². The number of nitrogens with one attached hydrogen (secondary N) is 1. The number of hydrogen-bond donors (Lipinski definition) is 1. The van der Waals surface area contributed by atoms with Crippen LogP contribution in [0.5, 0.6) is 5.75 Å². The van der Waals surface area contributed by atoms with Crippen molar-refractivity contribution in [1.82, 2.24) is 4.98 Å². The molecule has 0 bridgehead atoms. The Labute approximate surface area is 69.6 Å². The standard InChI is InChI=1S/C8H8N2O2/c11-5-6-3-7-8(10-4-6)9-1-2-12-7/h3-5H,1-2H2,(H,9,10). The number of carbonyl (C=O) groups is 1. The third kappa shape index (κ3) is 1.11. The summed E-state index contributed by atoms with van der Waals surface area (Å²) >= 11 is 0. The molecule has 1 aromatic rings. The fourth-order valence-corrected chi connectivity index (χ4v) is 1.10. The molecule has 0 saturated heterocycles. The van der Waals surface area contributed by atoms with E-state index in [0.29, 0.717) is 23.7 Å². The van der Waals surface area contributed by atoms with Crippen LogP contribution in [-0.4, -0.2) is 24.4 Å². The highest BCUT2D eigenvalue weighted by Gasteiger charge is 2.10. The highest BCUT2D eigenvalue weighted by Crippen LogP contribution is 2.24.